The molecule has 4 heteroatoms. The molecule has 0 aromatic heterocycles. The smallest absolute Gasteiger partial charge is 0.181 e. The van der Waals surface area contributed by atoms with E-state index in [0.29, 0.717) is 17.0 Å². The quantitative estimate of drug-likeness (QED) is 0.871. The molecule has 3 rings (SSSR count). The molecule has 3 nitrogen and oxygen atoms in total. The van der Waals surface area contributed by atoms with Gasteiger partial charge in [0.25, 0.3) is 0 Å². The van der Waals surface area contributed by atoms with Crippen LogP contribution in [0.5, 0.6) is 0 Å². The molecular formula is C13H17NO2S. The predicted octanol–water partition coefficient (Wildman–Crippen LogP) is 1.74. The highest BCUT2D eigenvalue weighted by Gasteiger charge is 2.39. The van der Waals surface area contributed by atoms with E-state index in [0.717, 1.165) is 25.7 Å². The molecule has 2 fully saturated rings. The van der Waals surface area contributed by atoms with Gasteiger partial charge in [-0.3, -0.25) is 0 Å². The molecule has 2 bridgehead atoms. The number of nitrogens with one attached hydrogen (secondary N) is 1. The molecule has 1 N–H and O–H groups in total. The number of rotatable bonds is 2. The molecule has 2 aliphatic rings. The first-order valence-corrected chi connectivity index (χ1v) is 7.76. The zero-order chi connectivity index (χ0) is 11.9. The molecule has 2 heterocycles. The largest absolute Gasteiger partial charge is 0.311 e. The molecule has 17 heavy (non-hydrogen) atoms. The van der Waals surface area contributed by atoms with Gasteiger partial charge < -0.3 is 5.32 Å². The maximum absolute atomic E-state index is 12.5. The van der Waals surface area contributed by atoms with Gasteiger partial charge >= 0.3 is 0 Å². The number of hydrogen-bond donors (Lipinski definition) is 1. The number of benzene rings is 1. The molecular weight excluding hydrogens is 234 g/mol. The van der Waals surface area contributed by atoms with Crippen molar-refractivity contribution < 1.29 is 8.42 Å². The summed E-state index contributed by atoms with van der Waals surface area (Å²) in [6, 6.07) is 9.68. The van der Waals surface area contributed by atoms with Gasteiger partial charge in [-0.25, -0.2) is 8.42 Å². The van der Waals surface area contributed by atoms with Gasteiger partial charge in [0.05, 0.1) is 10.1 Å². The fourth-order valence-electron chi connectivity index (χ4n) is 3.06. The average molecular weight is 251 g/mol. The lowest BCUT2D eigenvalue weighted by atomic mass is 10.1. The molecule has 2 saturated heterocycles. The number of fused-ring (bicyclic) bond motifs is 2. The second kappa shape index (κ2) is 4.10. The molecule has 0 aliphatic carbocycles. The Morgan fingerprint density at radius 3 is 2.18 bits per heavy atom. The highest BCUT2D eigenvalue weighted by atomic mass is 32.2. The van der Waals surface area contributed by atoms with Gasteiger partial charge in [0.15, 0.2) is 9.84 Å². The lowest BCUT2D eigenvalue weighted by Crippen LogP contribution is -2.43. The molecule has 2 atom stereocenters. The van der Waals surface area contributed by atoms with Crippen molar-refractivity contribution in [3.63, 3.8) is 0 Å². The highest BCUT2D eigenvalue weighted by molar-refractivity contribution is 7.92. The van der Waals surface area contributed by atoms with Gasteiger partial charge in [-0.15, -0.1) is 0 Å². The minimum absolute atomic E-state index is 0.191. The van der Waals surface area contributed by atoms with E-state index in [2.05, 4.69) is 5.32 Å². The number of sulfone groups is 1. The van der Waals surface area contributed by atoms with Crippen LogP contribution < -0.4 is 5.32 Å². The zero-order valence-electron chi connectivity index (χ0n) is 9.67. The van der Waals surface area contributed by atoms with Crippen molar-refractivity contribution in [2.45, 2.75) is 47.9 Å². The van der Waals surface area contributed by atoms with Gasteiger partial charge in [0.1, 0.15) is 0 Å². The molecule has 0 spiro atoms. The third-order valence-electron chi connectivity index (χ3n) is 3.94. The first-order chi connectivity index (χ1) is 8.16. The lowest BCUT2D eigenvalue weighted by Gasteiger charge is -2.28. The summed E-state index contributed by atoms with van der Waals surface area (Å²) >= 11 is 0. The number of hydrogen-bond acceptors (Lipinski definition) is 3. The molecule has 0 saturated carbocycles. The maximum atomic E-state index is 12.5. The van der Waals surface area contributed by atoms with Crippen molar-refractivity contribution in [1.82, 2.24) is 5.32 Å². The van der Waals surface area contributed by atoms with Crippen LogP contribution in [0.2, 0.25) is 0 Å². The van der Waals surface area contributed by atoms with Gasteiger partial charge in [-0.2, -0.15) is 0 Å². The van der Waals surface area contributed by atoms with E-state index in [1.54, 1.807) is 24.3 Å². The third kappa shape index (κ3) is 2.00. The van der Waals surface area contributed by atoms with Crippen molar-refractivity contribution in [1.29, 1.82) is 0 Å². The van der Waals surface area contributed by atoms with E-state index in [1.165, 1.54) is 0 Å². The van der Waals surface area contributed by atoms with E-state index >= 15 is 0 Å². The normalized spacial score (nSPS) is 32.6. The van der Waals surface area contributed by atoms with Crippen LogP contribution in [0.1, 0.15) is 25.7 Å². The van der Waals surface area contributed by atoms with E-state index < -0.39 is 9.84 Å². The zero-order valence-corrected chi connectivity index (χ0v) is 10.5. The van der Waals surface area contributed by atoms with Crippen LogP contribution in [0.25, 0.3) is 0 Å². The molecule has 2 unspecified atom stereocenters. The second-order valence-electron chi connectivity index (χ2n) is 5.09. The monoisotopic (exact) mass is 251 g/mol. The molecule has 92 valence electrons. The first kappa shape index (κ1) is 11.2. The minimum Gasteiger partial charge on any atom is -0.311 e. The van der Waals surface area contributed by atoms with Gasteiger partial charge in [0.2, 0.25) is 0 Å². The van der Waals surface area contributed by atoms with Gasteiger partial charge in [-0.1, -0.05) is 18.2 Å². The van der Waals surface area contributed by atoms with Crippen LogP contribution in [0.4, 0.5) is 0 Å². The summed E-state index contributed by atoms with van der Waals surface area (Å²) in [5.41, 5.74) is 0. The standard InChI is InChI=1S/C13H17NO2S/c15-17(16,12-4-2-1-3-5-12)13-8-10-6-7-11(9-13)14-10/h1-5,10-11,13-14H,6-9H2. The summed E-state index contributed by atoms with van der Waals surface area (Å²) in [7, 11) is -3.13. The lowest BCUT2D eigenvalue weighted by molar-refractivity contribution is 0.401. The summed E-state index contributed by atoms with van der Waals surface area (Å²) in [4.78, 5) is 0.478. The number of piperidine rings is 1. The van der Waals surface area contributed by atoms with E-state index in [-0.39, 0.29) is 5.25 Å². The fraction of sp³-hybridized carbons (Fsp3) is 0.538. The van der Waals surface area contributed by atoms with E-state index in [1.807, 2.05) is 6.07 Å². The first-order valence-electron chi connectivity index (χ1n) is 6.21. The highest BCUT2D eigenvalue weighted by Crippen LogP contribution is 2.33. The predicted molar refractivity (Wildman–Crippen MR) is 66.6 cm³/mol. The van der Waals surface area contributed by atoms with Crippen LogP contribution in [-0.4, -0.2) is 25.8 Å². The summed E-state index contributed by atoms with van der Waals surface area (Å²) in [6.45, 7) is 0. The molecule has 2 aliphatic heterocycles. The van der Waals surface area contributed by atoms with Crippen LogP contribution in [-0.2, 0) is 9.84 Å². The van der Waals surface area contributed by atoms with Gasteiger partial charge in [-0.05, 0) is 37.8 Å². The molecule has 0 amide bonds. The summed E-state index contributed by atoms with van der Waals surface area (Å²) in [5, 5.41) is 3.29. The molecule has 0 radical (unpaired) electrons. The van der Waals surface area contributed by atoms with Crippen molar-refractivity contribution >= 4 is 9.84 Å². The summed E-state index contributed by atoms with van der Waals surface area (Å²) < 4.78 is 25.0. The molecule has 1 aromatic rings. The Balaban J connectivity index is 1.89. The third-order valence-corrected chi connectivity index (χ3v) is 6.13. The maximum Gasteiger partial charge on any atom is 0.181 e. The Morgan fingerprint density at radius 1 is 1.00 bits per heavy atom. The van der Waals surface area contributed by atoms with Crippen LogP contribution in [0, 0.1) is 0 Å². The van der Waals surface area contributed by atoms with Crippen LogP contribution in [0.15, 0.2) is 35.2 Å². The van der Waals surface area contributed by atoms with E-state index in [9.17, 15) is 8.42 Å². The summed E-state index contributed by atoms with van der Waals surface area (Å²) in [6.07, 6.45) is 3.80. The SMILES string of the molecule is O=S(=O)(c1ccccc1)C1CC2CCC(C1)N2. The molecule has 1 aromatic carbocycles. The average Bonchev–Trinajstić information content (AvgIpc) is 2.69. The van der Waals surface area contributed by atoms with Crippen molar-refractivity contribution in [2.24, 2.45) is 0 Å². The topological polar surface area (TPSA) is 46.2 Å². The Morgan fingerprint density at radius 2 is 1.59 bits per heavy atom. The van der Waals surface area contributed by atoms with Crippen molar-refractivity contribution in [2.75, 3.05) is 0 Å². The Kier molecular flexibility index (Phi) is 2.71. The van der Waals surface area contributed by atoms with Gasteiger partial charge in [0, 0.05) is 12.1 Å². The van der Waals surface area contributed by atoms with Crippen LogP contribution >= 0.6 is 0 Å². The fourth-order valence-corrected chi connectivity index (χ4v) is 4.95. The van der Waals surface area contributed by atoms with E-state index in [4.69, 9.17) is 0 Å². The van der Waals surface area contributed by atoms with Crippen molar-refractivity contribution in [3.8, 4) is 0 Å². The van der Waals surface area contributed by atoms with Crippen molar-refractivity contribution in [3.05, 3.63) is 30.3 Å². The minimum atomic E-state index is -3.13. The Labute approximate surface area is 102 Å². The summed E-state index contributed by atoms with van der Waals surface area (Å²) in [5.74, 6) is 0. The Hall–Kier alpha value is -0.870. The van der Waals surface area contributed by atoms with Crippen LogP contribution in [0.3, 0.4) is 0 Å². The Bertz CT molecular complexity index is 485. The second-order valence-corrected chi connectivity index (χ2v) is 7.32.